The number of hydrogen-bond acceptors (Lipinski definition) is 3. The van der Waals surface area contributed by atoms with E-state index in [-0.39, 0.29) is 17.8 Å². The second-order valence-electron chi connectivity index (χ2n) is 5.26. The first-order chi connectivity index (χ1) is 9.35. The zero-order valence-electron chi connectivity index (χ0n) is 12.3. The maximum atomic E-state index is 13.0. The fourth-order valence-electron chi connectivity index (χ4n) is 1.89. The van der Waals surface area contributed by atoms with Crippen LogP contribution in [0.4, 0.5) is 4.39 Å². The molecule has 2 atom stereocenters. The Labute approximate surface area is 119 Å². The highest BCUT2D eigenvalue weighted by Gasteiger charge is 2.27. The monoisotopic (exact) mass is 282 g/mol. The Morgan fingerprint density at radius 2 is 2.25 bits per heavy atom. The van der Waals surface area contributed by atoms with E-state index in [2.05, 4.69) is 5.32 Å². The molecule has 5 heteroatoms. The van der Waals surface area contributed by atoms with E-state index in [1.807, 2.05) is 6.92 Å². The molecule has 0 heterocycles. The van der Waals surface area contributed by atoms with Crippen LogP contribution in [-0.4, -0.2) is 24.1 Å². The molecule has 0 aliphatic carbocycles. The molecule has 1 aromatic rings. The number of rotatable bonds is 7. The molecule has 112 valence electrons. The van der Waals surface area contributed by atoms with Crippen LogP contribution in [0, 0.1) is 5.82 Å². The average Bonchev–Trinajstić information content (AvgIpc) is 2.35. The van der Waals surface area contributed by atoms with E-state index in [9.17, 15) is 9.18 Å². The van der Waals surface area contributed by atoms with Crippen molar-refractivity contribution in [2.24, 2.45) is 5.73 Å². The number of nitrogens with two attached hydrogens (primary N) is 1. The van der Waals surface area contributed by atoms with E-state index in [0.717, 1.165) is 6.42 Å². The fraction of sp³-hybridized carbons (Fsp3) is 0.533. The number of hydrogen-bond donors (Lipinski definition) is 2. The summed E-state index contributed by atoms with van der Waals surface area (Å²) in [7, 11) is 0. The van der Waals surface area contributed by atoms with Crippen LogP contribution >= 0.6 is 0 Å². The normalized spacial score (nSPS) is 15.2. The third-order valence-corrected chi connectivity index (χ3v) is 2.97. The second kappa shape index (κ2) is 7.24. The summed E-state index contributed by atoms with van der Waals surface area (Å²) in [6.07, 6.45) is 1.20. The molecule has 0 aliphatic rings. The van der Waals surface area contributed by atoms with Gasteiger partial charge >= 0.3 is 0 Å². The Balaban J connectivity index is 2.43. The van der Waals surface area contributed by atoms with Gasteiger partial charge in [-0.2, -0.15) is 0 Å². The molecule has 0 saturated carbocycles. The summed E-state index contributed by atoms with van der Waals surface area (Å²) in [6.45, 7) is 5.82. The smallest absolute Gasteiger partial charge is 0.239 e. The molecule has 0 aliphatic heterocycles. The number of amides is 1. The van der Waals surface area contributed by atoms with Gasteiger partial charge in [0.15, 0.2) is 0 Å². The van der Waals surface area contributed by atoms with Crippen LogP contribution in [0.15, 0.2) is 24.3 Å². The highest BCUT2D eigenvalue weighted by molar-refractivity contribution is 5.85. The van der Waals surface area contributed by atoms with Crippen molar-refractivity contribution >= 4 is 5.91 Å². The molecule has 4 nitrogen and oxygen atoms in total. The fourth-order valence-corrected chi connectivity index (χ4v) is 1.89. The molecule has 1 rings (SSSR count). The van der Waals surface area contributed by atoms with Gasteiger partial charge in [-0.05, 0) is 32.4 Å². The van der Waals surface area contributed by atoms with Gasteiger partial charge in [-0.3, -0.25) is 4.79 Å². The van der Waals surface area contributed by atoms with Gasteiger partial charge in [0.05, 0.1) is 12.1 Å². The Bertz CT molecular complexity index is 449. The lowest BCUT2D eigenvalue weighted by Crippen LogP contribution is -2.53. The predicted octanol–water partition coefficient (Wildman–Crippen LogP) is 2.23. The standard InChI is InChI=1S/C15H23FN2O2/c1-4-8-15(3,17)14(19)18-10-11(2)20-13-7-5-6-12(16)9-13/h5-7,9,11H,4,8,10,17H2,1-3H3,(H,18,19). The molecule has 20 heavy (non-hydrogen) atoms. The number of carbonyl (C=O) groups excluding carboxylic acids is 1. The zero-order chi connectivity index (χ0) is 15.2. The largest absolute Gasteiger partial charge is 0.489 e. The molecule has 0 aromatic heterocycles. The minimum absolute atomic E-state index is 0.200. The maximum absolute atomic E-state index is 13.0. The van der Waals surface area contributed by atoms with E-state index in [1.54, 1.807) is 26.0 Å². The van der Waals surface area contributed by atoms with Crippen molar-refractivity contribution < 1.29 is 13.9 Å². The van der Waals surface area contributed by atoms with Gasteiger partial charge in [0.25, 0.3) is 0 Å². The summed E-state index contributed by atoms with van der Waals surface area (Å²) in [6, 6.07) is 5.91. The third kappa shape index (κ3) is 5.17. The van der Waals surface area contributed by atoms with Gasteiger partial charge < -0.3 is 15.8 Å². The Kier molecular flexibility index (Phi) is 5.95. The second-order valence-corrected chi connectivity index (χ2v) is 5.26. The molecule has 0 spiro atoms. The lowest BCUT2D eigenvalue weighted by atomic mass is 9.96. The third-order valence-electron chi connectivity index (χ3n) is 2.97. The maximum Gasteiger partial charge on any atom is 0.239 e. The van der Waals surface area contributed by atoms with E-state index in [1.165, 1.54) is 12.1 Å². The first kappa shape index (κ1) is 16.4. The summed E-state index contributed by atoms with van der Waals surface area (Å²) in [5.74, 6) is -0.110. The quantitative estimate of drug-likeness (QED) is 0.806. The molecule has 0 radical (unpaired) electrons. The van der Waals surface area contributed by atoms with Crippen LogP contribution in [0.2, 0.25) is 0 Å². The first-order valence-corrected chi connectivity index (χ1v) is 6.84. The molecular weight excluding hydrogens is 259 g/mol. The van der Waals surface area contributed by atoms with E-state index in [4.69, 9.17) is 10.5 Å². The van der Waals surface area contributed by atoms with Gasteiger partial charge in [0.2, 0.25) is 5.91 Å². The van der Waals surface area contributed by atoms with Crippen molar-refractivity contribution in [1.29, 1.82) is 0 Å². The summed E-state index contributed by atoms with van der Waals surface area (Å²) >= 11 is 0. The van der Waals surface area contributed by atoms with Crippen molar-refractivity contribution in [2.45, 2.75) is 45.3 Å². The molecule has 3 N–H and O–H groups in total. The Morgan fingerprint density at radius 1 is 1.55 bits per heavy atom. The average molecular weight is 282 g/mol. The Hall–Kier alpha value is -1.62. The number of halogens is 1. The molecule has 1 aromatic carbocycles. The number of nitrogens with one attached hydrogen (secondary N) is 1. The van der Waals surface area contributed by atoms with E-state index < -0.39 is 5.54 Å². The summed E-state index contributed by atoms with van der Waals surface area (Å²) in [5, 5.41) is 2.76. The van der Waals surface area contributed by atoms with Gasteiger partial charge in [0.1, 0.15) is 17.7 Å². The molecule has 0 saturated heterocycles. The van der Waals surface area contributed by atoms with Crippen molar-refractivity contribution in [2.75, 3.05) is 6.54 Å². The Morgan fingerprint density at radius 3 is 2.85 bits per heavy atom. The van der Waals surface area contributed by atoms with Crippen molar-refractivity contribution in [1.82, 2.24) is 5.32 Å². The highest BCUT2D eigenvalue weighted by atomic mass is 19.1. The molecule has 1 amide bonds. The van der Waals surface area contributed by atoms with Crippen molar-refractivity contribution in [3.05, 3.63) is 30.1 Å². The van der Waals surface area contributed by atoms with Crippen LogP contribution in [0.1, 0.15) is 33.6 Å². The van der Waals surface area contributed by atoms with Gasteiger partial charge in [-0.15, -0.1) is 0 Å². The molecular formula is C15H23FN2O2. The van der Waals surface area contributed by atoms with Crippen molar-refractivity contribution in [3.63, 3.8) is 0 Å². The van der Waals surface area contributed by atoms with E-state index in [0.29, 0.717) is 18.7 Å². The lowest BCUT2D eigenvalue weighted by molar-refractivity contribution is -0.126. The van der Waals surface area contributed by atoms with Crippen LogP contribution in [0.25, 0.3) is 0 Å². The van der Waals surface area contributed by atoms with Gasteiger partial charge in [-0.25, -0.2) is 4.39 Å². The number of carbonyl (C=O) groups is 1. The molecule has 0 bridgehead atoms. The van der Waals surface area contributed by atoms with Crippen LogP contribution in [0.3, 0.4) is 0 Å². The summed E-state index contributed by atoms with van der Waals surface area (Å²) in [5.41, 5.74) is 5.06. The molecule has 2 unspecified atom stereocenters. The minimum Gasteiger partial charge on any atom is -0.489 e. The number of benzene rings is 1. The number of ether oxygens (including phenoxy) is 1. The van der Waals surface area contributed by atoms with Crippen LogP contribution < -0.4 is 15.8 Å². The predicted molar refractivity (Wildman–Crippen MR) is 77.0 cm³/mol. The summed E-state index contributed by atoms with van der Waals surface area (Å²) in [4.78, 5) is 11.9. The van der Waals surface area contributed by atoms with Crippen molar-refractivity contribution in [3.8, 4) is 5.75 Å². The van der Waals surface area contributed by atoms with E-state index >= 15 is 0 Å². The zero-order valence-corrected chi connectivity index (χ0v) is 12.3. The minimum atomic E-state index is -0.868. The summed E-state index contributed by atoms with van der Waals surface area (Å²) < 4.78 is 18.5. The molecule has 0 fully saturated rings. The topological polar surface area (TPSA) is 64.4 Å². The highest BCUT2D eigenvalue weighted by Crippen LogP contribution is 2.14. The first-order valence-electron chi connectivity index (χ1n) is 6.84. The van der Waals surface area contributed by atoms with Crippen LogP contribution in [0.5, 0.6) is 5.75 Å². The van der Waals surface area contributed by atoms with Gasteiger partial charge in [-0.1, -0.05) is 19.4 Å². The lowest BCUT2D eigenvalue weighted by Gasteiger charge is -2.24. The van der Waals surface area contributed by atoms with Gasteiger partial charge in [0, 0.05) is 6.07 Å². The van der Waals surface area contributed by atoms with Crippen LogP contribution in [-0.2, 0) is 4.79 Å². The SMILES string of the molecule is CCCC(C)(N)C(=O)NCC(C)Oc1cccc(F)c1.